The highest BCUT2D eigenvalue weighted by Gasteiger charge is 2.11. The zero-order valence-corrected chi connectivity index (χ0v) is 10.1. The van der Waals surface area contributed by atoms with E-state index in [9.17, 15) is 4.79 Å². The van der Waals surface area contributed by atoms with Gasteiger partial charge >= 0.3 is 0 Å². The molecule has 19 heavy (non-hydrogen) atoms. The van der Waals surface area contributed by atoms with E-state index >= 15 is 0 Å². The summed E-state index contributed by atoms with van der Waals surface area (Å²) >= 11 is 0. The largest absolute Gasteiger partial charge is 0.305 e. The normalized spacial score (nSPS) is 10.3. The van der Waals surface area contributed by atoms with Crippen molar-refractivity contribution in [1.82, 2.24) is 9.97 Å². The number of hydrogen-bond donors (Lipinski definition) is 1. The minimum absolute atomic E-state index is 0.254. The second kappa shape index (κ2) is 4.86. The molecule has 0 spiro atoms. The molecular formula is C15H11N3O. The maximum atomic E-state index is 12.2. The number of anilines is 1. The van der Waals surface area contributed by atoms with Crippen molar-refractivity contribution in [1.29, 1.82) is 0 Å². The van der Waals surface area contributed by atoms with Crippen LogP contribution in [0.1, 0.15) is 10.5 Å². The molecule has 1 aromatic carbocycles. The fourth-order valence-electron chi connectivity index (χ4n) is 1.91. The molecule has 0 aliphatic rings. The number of carbonyl (C=O) groups is 1. The van der Waals surface area contributed by atoms with Crippen LogP contribution in [0.3, 0.4) is 0 Å². The van der Waals surface area contributed by atoms with E-state index in [2.05, 4.69) is 15.3 Å². The first-order chi connectivity index (χ1) is 9.34. The SMILES string of the molecule is O=C(Nc1ccccn1)c1nccc2ccccc12. The Morgan fingerprint density at radius 3 is 2.58 bits per heavy atom. The van der Waals surface area contributed by atoms with E-state index in [0.29, 0.717) is 11.5 Å². The first-order valence-electron chi connectivity index (χ1n) is 5.91. The van der Waals surface area contributed by atoms with Crippen molar-refractivity contribution in [2.24, 2.45) is 0 Å². The molecule has 0 bridgehead atoms. The molecule has 0 saturated heterocycles. The number of benzene rings is 1. The summed E-state index contributed by atoms with van der Waals surface area (Å²) in [4.78, 5) is 20.4. The summed E-state index contributed by atoms with van der Waals surface area (Å²) in [6, 6.07) is 14.9. The summed E-state index contributed by atoms with van der Waals surface area (Å²) in [5, 5.41) is 4.56. The number of rotatable bonds is 2. The lowest BCUT2D eigenvalue weighted by Crippen LogP contribution is -2.14. The number of nitrogens with one attached hydrogen (secondary N) is 1. The van der Waals surface area contributed by atoms with Gasteiger partial charge < -0.3 is 5.32 Å². The standard InChI is InChI=1S/C15H11N3O/c19-15(18-13-7-3-4-9-16-13)14-12-6-2-1-5-11(12)8-10-17-14/h1-10H,(H,16,18,19). The average molecular weight is 249 g/mol. The molecule has 0 fully saturated rings. The predicted molar refractivity (Wildman–Crippen MR) is 73.9 cm³/mol. The first kappa shape index (κ1) is 11.3. The quantitative estimate of drug-likeness (QED) is 0.759. The topological polar surface area (TPSA) is 54.9 Å². The summed E-state index contributed by atoms with van der Waals surface area (Å²) in [7, 11) is 0. The number of nitrogens with zero attached hydrogens (tertiary/aromatic N) is 2. The number of amides is 1. The lowest BCUT2D eigenvalue weighted by molar-refractivity contribution is 0.102. The van der Waals surface area contributed by atoms with Gasteiger partial charge in [-0.15, -0.1) is 0 Å². The molecular weight excluding hydrogens is 238 g/mol. The Hall–Kier alpha value is -2.75. The minimum Gasteiger partial charge on any atom is -0.305 e. The molecule has 0 saturated carbocycles. The minimum atomic E-state index is -0.254. The Bertz CT molecular complexity index is 720. The maximum Gasteiger partial charge on any atom is 0.276 e. The molecule has 0 aliphatic heterocycles. The van der Waals surface area contributed by atoms with Crippen LogP contribution in [-0.2, 0) is 0 Å². The molecule has 4 heteroatoms. The first-order valence-corrected chi connectivity index (χ1v) is 5.91. The summed E-state index contributed by atoms with van der Waals surface area (Å²) in [6.45, 7) is 0. The van der Waals surface area contributed by atoms with Crippen LogP contribution in [0.15, 0.2) is 60.9 Å². The van der Waals surface area contributed by atoms with Crippen molar-refractivity contribution in [3.8, 4) is 0 Å². The third-order valence-electron chi connectivity index (χ3n) is 2.80. The van der Waals surface area contributed by atoms with Crippen molar-refractivity contribution in [2.75, 3.05) is 5.32 Å². The van der Waals surface area contributed by atoms with Crippen LogP contribution in [0, 0.1) is 0 Å². The number of carbonyl (C=O) groups excluding carboxylic acids is 1. The molecule has 3 aromatic rings. The molecule has 0 atom stereocenters. The Labute approximate surface area is 110 Å². The van der Waals surface area contributed by atoms with Gasteiger partial charge in [0, 0.05) is 17.8 Å². The molecule has 2 aromatic heterocycles. The molecule has 0 radical (unpaired) electrons. The number of pyridine rings is 2. The van der Waals surface area contributed by atoms with Crippen LogP contribution in [0.2, 0.25) is 0 Å². The van der Waals surface area contributed by atoms with Crippen LogP contribution in [0.5, 0.6) is 0 Å². The van der Waals surface area contributed by atoms with Crippen LogP contribution in [0.4, 0.5) is 5.82 Å². The van der Waals surface area contributed by atoms with Crippen molar-refractivity contribution in [3.05, 3.63) is 66.6 Å². The van der Waals surface area contributed by atoms with Gasteiger partial charge in [-0.05, 0) is 23.6 Å². The Morgan fingerprint density at radius 1 is 0.895 bits per heavy atom. The number of hydrogen-bond acceptors (Lipinski definition) is 3. The van der Waals surface area contributed by atoms with E-state index in [-0.39, 0.29) is 5.91 Å². The highest BCUT2D eigenvalue weighted by atomic mass is 16.1. The third kappa shape index (κ3) is 2.28. The zero-order valence-electron chi connectivity index (χ0n) is 10.1. The van der Waals surface area contributed by atoms with Gasteiger partial charge in [0.25, 0.3) is 5.91 Å². The van der Waals surface area contributed by atoms with Crippen LogP contribution < -0.4 is 5.32 Å². The Balaban J connectivity index is 1.98. The second-order valence-corrected chi connectivity index (χ2v) is 4.05. The fraction of sp³-hybridized carbons (Fsp3) is 0. The second-order valence-electron chi connectivity index (χ2n) is 4.05. The van der Waals surface area contributed by atoms with Gasteiger partial charge in [-0.3, -0.25) is 9.78 Å². The average Bonchev–Trinajstić information content (AvgIpc) is 2.47. The lowest BCUT2D eigenvalue weighted by atomic mass is 10.1. The van der Waals surface area contributed by atoms with E-state index in [1.165, 1.54) is 0 Å². The van der Waals surface area contributed by atoms with E-state index in [1.54, 1.807) is 24.5 Å². The Morgan fingerprint density at radius 2 is 1.74 bits per heavy atom. The number of fused-ring (bicyclic) bond motifs is 1. The molecule has 0 unspecified atom stereocenters. The highest BCUT2D eigenvalue weighted by molar-refractivity contribution is 6.10. The van der Waals surface area contributed by atoms with E-state index < -0.39 is 0 Å². The van der Waals surface area contributed by atoms with Gasteiger partial charge in [0.15, 0.2) is 0 Å². The van der Waals surface area contributed by atoms with Crippen molar-refractivity contribution in [2.45, 2.75) is 0 Å². The summed E-state index contributed by atoms with van der Waals surface area (Å²) < 4.78 is 0. The predicted octanol–water partition coefficient (Wildman–Crippen LogP) is 2.88. The van der Waals surface area contributed by atoms with Crippen LogP contribution in [-0.4, -0.2) is 15.9 Å². The third-order valence-corrected chi connectivity index (χ3v) is 2.80. The van der Waals surface area contributed by atoms with Gasteiger partial charge in [-0.25, -0.2) is 4.98 Å². The lowest BCUT2D eigenvalue weighted by Gasteiger charge is -2.06. The molecule has 3 rings (SSSR count). The van der Waals surface area contributed by atoms with E-state index in [1.807, 2.05) is 36.4 Å². The molecule has 92 valence electrons. The Kier molecular flexibility index (Phi) is 2.90. The highest BCUT2D eigenvalue weighted by Crippen LogP contribution is 2.17. The van der Waals surface area contributed by atoms with Gasteiger partial charge in [0.05, 0.1) is 0 Å². The summed E-state index contributed by atoms with van der Waals surface area (Å²) in [5.41, 5.74) is 0.406. The van der Waals surface area contributed by atoms with Crippen LogP contribution in [0.25, 0.3) is 10.8 Å². The van der Waals surface area contributed by atoms with Crippen LogP contribution >= 0.6 is 0 Å². The van der Waals surface area contributed by atoms with E-state index in [4.69, 9.17) is 0 Å². The van der Waals surface area contributed by atoms with Gasteiger partial charge in [-0.2, -0.15) is 0 Å². The zero-order chi connectivity index (χ0) is 13.1. The fourth-order valence-corrected chi connectivity index (χ4v) is 1.91. The van der Waals surface area contributed by atoms with E-state index in [0.717, 1.165) is 10.8 Å². The van der Waals surface area contributed by atoms with Crippen molar-refractivity contribution >= 4 is 22.5 Å². The van der Waals surface area contributed by atoms with Crippen molar-refractivity contribution in [3.63, 3.8) is 0 Å². The van der Waals surface area contributed by atoms with Gasteiger partial charge in [-0.1, -0.05) is 30.3 Å². The van der Waals surface area contributed by atoms with Gasteiger partial charge in [0.1, 0.15) is 11.5 Å². The monoisotopic (exact) mass is 249 g/mol. The molecule has 1 N–H and O–H groups in total. The van der Waals surface area contributed by atoms with Crippen molar-refractivity contribution < 1.29 is 4.79 Å². The summed E-state index contributed by atoms with van der Waals surface area (Å²) in [5.74, 6) is 0.262. The maximum absolute atomic E-state index is 12.2. The molecule has 4 nitrogen and oxygen atoms in total. The van der Waals surface area contributed by atoms with Gasteiger partial charge in [0.2, 0.25) is 0 Å². The molecule has 2 heterocycles. The number of aromatic nitrogens is 2. The summed E-state index contributed by atoms with van der Waals surface area (Å²) in [6.07, 6.45) is 3.27. The molecule has 0 aliphatic carbocycles. The smallest absolute Gasteiger partial charge is 0.276 e. The molecule has 1 amide bonds.